The van der Waals surface area contributed by atoms with Crippen molar-refractivity contribution >= 4 is 34.7 Å². The molecule has 0 unspecified atom stereocenters. The van der Waals surface area contributed by atoms with Gasteiger partial charge in [0.1, 0.15) is 11.5 Å². The van der Waals surface area contributed by atoms with Gasteiger partial charge in [0.2, 0.25) is 11.9 Å². The number of aryl methyl sites for hydroxylation is 1. The van der Waals surface area contributed by atoms with Crippen molar-refractivity contribution in [3.05, 3.63) is 80.0 Å². The molecule has 1 amide bonds. The maximum atomic E-state index is 12.7. The topological polar surface area (TPSA) is 92.7 Å². The average Bonchev–Trinajstić information content (AvgIpc) is 3.50. The van der Waals surface area contributed by atoms with Crippen molar-refractivity contribution in [3.8, 4) is 16.5 Å². The van der Waals surface area contributed by atoms with Gasteiger partial charge in [-0.25, -0.2) is 4.98 Å². The summed E-state index contributed by atoms with van der Waals surface area (Å²) in [5.74, 6) is 0.545. The van der Waals surface area contributed by atoms with E-state index >= 15 is 0 Å². The Kier molecular flexibility index (Phi) is 5.17. The van der Waals surface area contributed by atoms with E-state index in [9.17, 15) is 9.59 Å². The van der Waals surface area contributed by atoms with Crippen LogP contribution in [0.2, 0.25) is 5.02 Å². The number of halogens is 1. The summed E-state index contributed by atoms with van der Waals surface area (Å²) in [7, 11) is 0. The maximum Gasteiger partial charge on any atom is 0.255 e. The first-order valence-electron chi connectivity index (χ1n) is 9.87. The second-order valence-corrected chi connectivity index (χ2v) is 8.71. The van der Waals surface area contributed by atoms with Crippen LogP contribution in [0.1, 0.15) is 23.2 Å². The summed E-state index contributed by atoms with van der Waals surface area (Å²) >= 11 is 7.47. The second kappa shape index (κ2) is 8.13. The molecule has 0 atom stereocenters. The summed E-state index contributed by atoms with van der Waals surface area (Å²) in [6.07, 6.45) is 2.61. The molecular weight excluding hydrogens is 434 g/mol. The standard InChI is InChI=1S/C22H18ClN5O2S/c23-14-8-6-13(7-9-14)11-20(29)25-19-12-17(18-5-2-10-31-18)27-28(19)22-24-16-4-1-3-15(16)21(30)26-22/h2,5-10,12H,1,3-4,11H2,(H,25,29)(H,24,26,30). The lowest BCUT2D eigenvalue weighted by molar-refractivity contribution is -0.115. The van der Waals surface area contributed by atoms with E-state index in [0.717, 1.165) is 41.0 Å². The highest BCUT2D eigenvalue weighted by Gasteiger charge is 2.21. The molecule has 5 rings (SSSR count). The van der Waals surface area contributed by atoms with E-state index in [-0.39, 0.29) is 17.9 Å². The molecule has 0 fully saturated rings. The minimum atomic E-state index is -0.204. The van der Waals surface area contributed by atoms with Crippen molar-refractivity contribution < 1.29 is 4.79 Å². The summed E-state index contributed by atoms with van der Waals surface area (Å²) in [6.45, 7) is 0. The van der Waals surface area contributed by atoms with Crippen LogP contribution in [0.25, 0.3) is 16.5 Å². The first kappa shape index (κ1) is 19.7. The predicted octanol–water partition coefficient (Wildman–Crippen LogP) is 4.01. The fourth-order valence-electron chi connectivity index (χ4n) is 3.68. The molecule has 0 aliphatic heterocycles. The van der Waals surface area contributed by atoms with Gasteiger partial charge in [0.05, 0.1) is 17.0 Å². The van der Waals surface area contributed by atoms with E-state index in [1.807, 2.05) is 29.6 Å². The quantitative estimate of drug-likeness (QED) is 0.479. The smallest absolute Gasteiger partial charge is 0.255 e. The van der Waals surface area contributed by atoms with Gasteiger partial charge < -0.3 is 5.32 Å². The number of fused-ring (bicyclic) bond motifs is 1. The van der Waals surface area contributed by atoms with Crippen LogP contribution in [0, 0.1) is 0 Å². The zero-order valence-corrected chi connectivity index (χ0v) is 18.0. The van der Waals surface area contributed by atoms with Crippen LogP contribution in [-0.2, 0) is 24.1 Å². The Morgan fingerprint density at radius 3 is 2.84 bits per heavy atom. The average molecular weight is 452 g/mol. The van der Waals surface area contributed by atoms with E-state index in [1.165, 1.54) is 4.68 Å². The SMILES string of the molecule is O=C(Cc1ccc(Cl)cc1)Nc1cc(-c2cccs2)nn1-c1nc2c(c(=O)[nH]1)CCC2. The van der Waals surface area contributed by atoms with Crippen molar-refractivity contribution in [2.24, 2.45) is 0 Å². The molecule has 3 heterocycles. The molecule has 0 saturated heterocycles. The number of carbonyl (C=O) groups excluding carboxylic acids is 1. The van der Waals surface area contributed by atoms with E-state index in [1.54, 1.807) is 29.5 Å². The molecule has 0 saturated carbocycles. The Balaban J connectivity index is 1.50. The molecule has 0 bridgehead atoms. The Labute approximate surface area is 186 Å². The Morgan fingerprint density at radius 1 is 1.23 bits per heavy atom. The maximum absolute atomic E-state index is 12.7. The van der Waals surface area contributed by atoms with Crippen LogP contribution in [0.3, 0.4) is 0 Å². The molecule has 0 spiro atoms. The van der Waals surface area contributed by atoms with Gasteiger partial charge in [-0.05, 0) is 48.4 Å². The zero-order chi connectivity index (χ0) is 21.4. The zero-order valence-electron chi connectivity index (χ0n) is 16.4. The van der Waals surface area contributed by atoms with Gasteiger partial charge in [0.15, 0.2) is 0 Å². The molecule has 156 valence electrons. The molecule has 31 heavy (non-hydrogen) atoms. The van der Waals surface area contributed by atoms with Crippen molar-refractivity contribution in [3.63, 3.8) is 0 Å². The third-order valence-corrected chi connectivity index (χ3v) is 6.30. The number of anilines is 1. The fourth-order valence-corrected chi connectivity index (χ4v) is 4.49. The van der Waals surface area contributed by atoms with Crippen molar-refractivity contribution in [1.82, 2.24) is 19.7 Å². The summed E-state index contributed by atoms with van der Waals surface area (Å²) in [5.41, 5.74) is 2.92. The van der Waals surface area contributed by atoms with Crippen molar-refractivity contribution in [2.45, 2.75) is 25.7 Å². The molecule has 1 aromatic carbocycles. The third kappa shape index (κ3) is 4.04. The number of amides is 1. The lowest BCUT2D eigenvalue weighted by Crippen LogP contribution is -2.21. The normalized spacial score (nSPS) is 12.7. The fraction of sp³-hybridized carbons (Fsp3) is 0.182. The van der Waals surface area contributed by atoms with Crippen LogP contribution < -0.4 is 10.9 Å². The second-order valence-electron chi connectivity index (χ2n) is 7.32. The Morgan fingerprint density at radius 2 is 2.06 bits per heavy atom. The van der Waals surface area contributed by atoms with Crippen LogP contribution >= 0.6 is 22.9 Å². The van der Waals surface area contributed by atoms with Crippen LogP contribution in [0.4, 0.5) is 5.82 Å². The monoisotopic (exact) mass is 451 g/mol. The van der Waals surface area contributed by atoms with E-state index in [2.05, 4.69) is 20.4 Å². The number of aromatic amines is 1. The number of carbonyl (C=O) groups is 1. The lowest BCUT2D eigenvalue weighted by atomic mass is 10.1. The number of nitrogens with zero attached hydrogens (tertiary/aromatic N) is 3. The first-order valence-corrected chi connectivity index (χ1v) is 11.1. The van der Waals surface area contributed by atoms with E-state index < -0.39 is 0 Å². The van der Waals surface area contributed by atoms with Gasteiger partial charge in [-0.3, -0.25) is 14.6 Å². The summed E-state index contributed by atoms with van der Waals surface area (Å²) in [5, 5.41) is 10.1. The van der Waals surface area contributed by atoms with Crippen molar-refractivity contribution in [2.75, 3.05) is 5.32 Å². The highest BCUT2D eigenvalue weighted by molar-refractivity contribution is 7.13. The van der Waals surface area contributed by atoms with Gasteiger partial charge in [0, 0.05) is 16.7 Å². The number of hydrogen-bond acceptors (Lipinski definition) is 5. The predicted molar refractivity (Wildman–Crippen MR) is 121 cm³/mol. The Bertz CT molecular complexity index is 1310. The lowest BCUT2D eigenvalue weighted by Gasteiger charge is -2.09. The first-order chi connectivity index (χ1) is 15.1. The minimum absolute atomic E-state index is 0.149. The van der Waals surface area contributed by atoms with Gasteiger partial charge in [-0.1, -0.05) is 29.8 Å². The van der Waals surface area contributed by atoms with Crippen LogP contribution in [-0.4, -0.2) is 25.7 Å². The van der Waals surface area contributed by atoms with E-state index in [0.29, 0.717) is 22.5 Å². The van der Waals surface area contributed by atoms with Gasteiger partial charge in [-0.15, -0.1) is 11.3 Å². The molecule has 4 aromatic rings. The molecule has 9 heteroatoms. The summed E-state index contributed by atoms with van der Waals surface area (Å²) in [4.78, 5) is 33.6. The number of benzene rings is 1. The summed E-state index contributed by atoms with van der Waals surface area (Å²) < 4.78 is 1.49. The largest absolute Gasteiger partial charge is 0.310 e. The Hall–Kier alpha value is -3.23. The molecule has 0 radical (unpaired) electrons. The molecule has 1 aliphatic rings. The van der Waals surface area contributed by atoms with Crippen molar-refractivity contribution in [1.29, 1.82) is 0 Å². The summed E-state index contributed by atoms with van der Waals surface area (Å²) in [6, 6.07) is 12.8. The van der Waals surface area contributed by atoms with Gasteiger partial charge in [-0.2, -0.15) is 9.78 Å². The molecule has 3 aromatic heterocycles. The number of hydrogen-bond donors (Lipinski definition) is 2. The highest BCUT2D eigenvalue weighted by atomic mass is 35.5. The molecule has 1 aliphatic carbocycles. The minimum Gasteiger partial charge on any atom is -0.310 e. The molecule has 2 N–H and O–H groups in total. The number of rotatable bonds is 5. The number of aromatic nitrogens is 4. The van der Waals surface area contributed by atoms with Crippen LogP contribution in [0.5, 0.6) is 0 Å². The van der Waals surface area contributed by atoms with Gasteiger partial charge in [0.25, 0.3) is 5.56 Å². The number of H-pyrrole nitrogens is 1. The number of thiophene rings is 1. The molecular formula is C22H18ClN5O2S. The van der Waals surface area contributed by atoms with Gasteiger partial charge >= 0.3 is 0 Å². The molecule has 7 nitrogen and oxygen atoms in total. The number of nitrogens with one attached hydrogen (secondary N) is 2. The van der Waals surface area contributed by atoms with E-state index in [4.69, 9.17) is 11.6 Å². The van der Waals surface area contributed by atoms with Crippen LogP contribution in [0.15, 0.2) is 52.6 Å². The third-order valence-electron chi connectivity index (χ3n) is 5.16. The highest BCUT2D eigenvalue weighted by Crippen LogP contribution is 2.28.